The fraction of sp³-hybridized carbons (Fsp3) is 0.300. The molecule has 0 saturated heterocycles. The summed E-state index contributed by atoms with van der Waals surface area (Å²) in [7, 11) is 2.98. The maximum absolute atomic E-state index is 12.4. The second kappa shape index (κ2) is 10.5. The molecule has 9 nitrogen and oxygen atoms in total. The van der Waals surface area contributed by atoms with Crippen molar-refractivity contribution in [2.45, 2.75) is 0 Å². The zero-order valence-corrected chi connectivity index (χ0v) is 20.3. The van der Waals surface area contributed by atoms with Crippen molar-refractivity contribution in [3.63, 3.8) is 0 Å². The second-order valence-electron chi connectivity index (χ2n) is 6.71. The Bertz CT molecular complexity index is 1070. The first-order chi connectivity index (χ1) is 14.6. The average molecular weight is 513 g/mol. The Kier molecular flexibility index (Phi) is 8.28. The van der Waals surface area contributed by atoms with Gasteiger partial charge in [0.15, 0.2) is 0 Å². The lowest BCUT2D eigenvalue weighted by atomic mass is 10.2. The first-order valence-electron chi connectivity index (χ1n) is 9.05. The summed E-state index contributed by atoms with van der Waals surface area (Å²) >= 11 is 3.49. The van der Waals surface area contributed by atoms with Crippen LogP contribution in [-0.2, 0) is 14.8 Å². The molecule has 0 spiro atoms. The predicted octanol–water partition coefficient (Wildman–Crippen LogP) is 2.45. The SMILES string of the molecule is COc1ccc(N(CC(=O)N/N=C\c2ccc(N(C)C)c(Br)c2)S(C)(=O)=O)c(OC)c1. The van der Waals surface area contributed by atoms with Gasteiger partial charge in [0.1, 0.15) is 18.0 Å². The van der Waals surface area contributed by atoms with E-state index in [4.69, 9.17) is 9.47 Å². The standard InChI is InChI=1S/C20H25BrN4O5S/c1-24(2)17-8-6-14(10-16(17)21)12-22-23-20(26)13-25(31(5,27)28)18-9-7-15(29-3)11-19(18)30-4/h6-12H,13H2,1-5H3,(H,23,26)/b22-12-. The van der Waals surface area contributed by atoms with E-state index in [1.165, 1.54) is 26.5 Å². The molecular weight excluding hydrogens is 488 g/mol. The van der Waals surface area contributed by atoms with Gasteiger partial charge in [0.2, 0.25) is 10.0 Å². The number of halogens is 1. The highest BCUT2D eigenvalue weighted by molar-refractivity contribution is 9.10. The monoisotopic (exact) mass is 512 g/mol. The third-order valence-corrected chi connectivity index (χ3v) is 5.96. The van der Waals surface area contributed by atoms with E-state index in [0.717, 1.165) is 26.3 Å². The Morgan fingerprint density at radius 2 is 1.81 bits per heavy atom. The van der Waals surface area contributed by atoms with Crippen LogP contribution in [0.25, 0.3) is 0 Å². The number of hydrogen-bond donors (Lipinski definition) is 1. The summed E-state index contributed by atoms with van der Waals surface area (Å²) in [5.74, 6) is 0.144. The van der Waals surface area contributed by atoms with Gasteiger partial charge in [-0.25, -0.2) is 13.8 Å². The molecule has 0 unspecified atom stereocenters. The van der Waals surface area contributed by atoms with Gasteiger partial charge in [-0.1, -0.05) is 6.07 Å². The molecule has 0 fully saturated rings. The van der Waals surface area contributed by atoms with E-state index in [9.17, 15) is 13.2 Å². The zero-order chi connectivity index (χ0) is 23.2. The molecule has 0 aliphatic carbocycles. The quantitative estimate of drug-likeness (QED) is 0.409. The van der Waals surface area contributed by atoms with E-state index in [0.29, 0.717) is 5.75 Å². The van der Waals surface area contributed by atoms with Crippen molar-refractivity contribution in [3.05, 3.63) is 46.4 Å². The fourth-order valence-electron chi connectivity index (χ4n) is 2.68. The van der Waals surface area contributed by atoms with E-state index in [-0.39, 0.29) is 11.4 Å². The van der Waals surface area contributed by atoms with Gasteiger partial charge in [0.05, 0.1) is 38.1 Å². The van der Waals surface area contributed by atoms with Crippen molar-refractivity contribution < 1.29 is 22.7 Å². The Balaban J connectivity index is 2.16. The minimum absolute atomic E-state index is 0.216. The number of hydrogen-bond acceptors (Lipinski definition) is 7. The van der Waals surface area contributed by atoms with Gasteiger partial charge >= 0.3 is 0 Å². The molecule has 0 aliphatic heterocycles. The van der Waals surface area contributed by atoms with Crippen LogP contribution in [-0.4, -0.2) is 61.7 Å². The average Bonchev–Trinajstić information content (AvgIpc) is 2.70. The minimum atomic E-state index is -3.77. The van der Waals surface area contributed by atoms with Crippen molar-refractivity contribution in [1.82, 2.24) is 5.43 Å². The van der Waals surface area contributed by atoms with E-state index in [1.807, 2.05) is 37.2 Å². The molecule has 0 aliphatic rings. The van der Waals surface area contributed by atoms with Crippen molar-refractivity contribution >= 4 is 49.4 Å². The fourth-order valence-corrected chi connectivity index (χ4v) is 4.29. The van der Waals surface area contributed by atoms with Crippen LogP contribution in [0.15, 0.2) is 46.0 Å². The third kappa shape index (κ3) is 6.59. The van der Waals surface area contributed by atoms with Gasteiger partial charge < -0.3 is 14.4 Å². The molecule has 2 rings (SSSR count). The van der Waals surface area contributed by atoms with Gasteiger partial charge in [-0.15, -0.1) is 0 Å². The van der Waals surface area contributed by atoms with Crippen LogP contribution in [0.3, 0.4) is 0 Å². The lowest BCUT2D eigenvalue weighted by Crippen LogP contribution is -2.39. The van der Waals surface area contributed by atoms with Crippen LogP contribution >= 0.6 is 15.9 Å². The molecule has 168 valence electrons. The summed E-state index contributed by atoms with van der Waals surface area (Å²) in [5, 5.41) is 3.92. The number of anilines is 2. The number of nitrogens with zero attached hydrogens (tertiary/aromatic N) is 3. The molecule has 1 N–H and O–H groups in total. The molecule has 0 saturated carbocycles. The molecule has 31 heavy (non-hydrogen) atoms. The number of rotatable bonds is 9. The molecule has 2 aromatic carbocycles. The minimum Gasteiger partial charge on any atom is -0.497 e. The maximum atomic E-state index is 12.4. The molecule has 0 heterocycles. The summed E-state index contributed by atoms with van der Waals surface area (Å²) in [6.07, 6.45) is 2.48. The Morgan fingerprint density at radius 3 is 2.35 bits per heavy atom. The summed E-state index contributed by atoms with van der Waals surface area (Å²) in [4.78, 5) is 14.3. The number of nitrogens with one attached hydrogen (secondary N) is 1. The van der Waals surface area contributed by atoms with Crippen LogP contribution in [0.1, 0.15) is 5.56 Å². The van der Waals surface area contributed by atoms with Gasteiger partial charge in [0, 0.05) is 24.6 Å². The van der Waals surface area contributed by atoms with Crippen LogP contribution in [0.2, 0.25) is 0 Å². The van der Waals surface area contributed by atoms with Crippen molar-refractivity contribution in [3.8, 4) is 11.5 Å². The van der Waals surface area contributed by atoms with Crippen LogP contribution in [0.4, 0.5) is 11.4 Å². The number of sulfonamides is 1. The summed E-state index contributed by atoms with van der Waals surface area (Å²) in [6.45, 7) is -0.470. The molecule has 0 bridgehead atoms. The highest BCUT2D eigenvalue weighted by atomic mass is 79.9. The molecular formula is C20H25BrN4O5S. The van der Waals surface area contributed by atoms with Crippen LogP contribution in [0.5, 0.6) is 11.5 Å². The zero-order valence-electron chi connectivity index (χ0n) is 17.9. The van der Waals surface area contributed by atoms with Crippen molar-refractivity contribution in [2.75, 3.05) is 50.3 Å². The van der Waals surface area contributed by atoms with E-state index in [1.54, 1.807) is 12.1 Å². The molecule has 0 atom stereocenters. The summed E-state index contributed by atoms with van der Waals surface area (Å²) < 4.78 is 36.9. The topological polar surface area (TPSA) is 101 Å². The van der Waals surface area contributed by atoms with Crippen LogP contribution in [0, 0.1) is 0 Å². The first kappa shape index (κ1) is 24.5. The number of benzene rings is 2. The number of methoxy groups -OCH3 is 2. The maximum Gasteiger partial charge on any atom is 0.260 e. The largest absolute Gasteiger partial charge is 0.497 e. The predicted molar refractivity (Wildman–Crippen MR) is 126 cm³/mol. The molecule has 1 amide bonds. The lowest BCUT2D eigenvalue weighted by molar-refractivity contribution is -0.119. The summed E-state index contributed by atoms with van der Waals surface area (Å²) in [6, 6.07) is 10.3. The smallest absolute Gasteiger partial charge is 0.260 e. The van der Waals surface area contributed by atoms with E-state index in [2.05, 4.69) is 26.5 Å². The summed E-state index contributed by atoms with van der Waals surface area (Å²) in [5.41, 5.74) is 4.33. The molecule has 0 radical (unpaired) electrons. The number of hydrazone groups is 1. The number of carbonyl (C=O) groups excluding carboxylic acids is 1. The number of ether oxygens (including phenoxy) is 2. The van der Waals surface area contributed by atoms with E-state index < -0.39 is 22.5 Å². The van der Waals surface area contributed by atoms with Gasteiger partial charge in [-0.05, 0) is 45.8 Å². The third-order valence-electron chi connectivity index (χ3n) is 4.20. The second-order valence-corrected chi connectivity index (χ2v) is 9.47. The van der Waals surface area contributed by atoms with Crippen LogP contribution < -0.4 is 24.1 Å². The highest BCUT2D eigenvalue weighted by Gasteiger charge is 2.24. The normalized spacial score (nSPS) is 11.3. The highest BCUT2D eigenvalue weighted by Crippen LogP contribution is 2.33. The Labute approximate surface area is 190 Å². The Morgan fingerprint density at radius 1 is 1.13 bits per heavy atom. The molecule has 2 aromatic rings. The Hall–Kier alpha value is -2.79. The van der Waals surface area contributed by atoms with Crippen molar-refractivity contribution in [2.24, 2.45) is 5.10 Å². The number of amides is 1. The van der Waals surface area contributed by atoms with Gasteiger partial charge in [-0.3, -0.25) is 9.10 Å². The lowest BCUT2D eigenvalue weighted by Gasteiger charge is -2.23. The molecule has 0 aromatic heterocycles. The van der Waals surface area contributed by atoms with Crippen molar-refractivity contribution in [1.29, 1.82) is 0 Å². The number of carbonyl (C=O) groups is 1. The van der Waals surface area contributed by atoms with Gasteiger partial charge in [-0.2, -0.15) is 5.10 Å². The van der Waals surface area contributed by atoms with Gasteiger partial charge in [0.25, 0.3) is 5.91 Å². The first-order valence-corrected chi connectivity index (χ1v) is 11.7. The molecule has 11 heteroatoms. The van der Waals surface area contributed by atoms with E-state index >= 15 is 0 Å².